The molecule has 9 aromatic carbocycles. The summed E-state index contributed by atoms with van der Waals surface area (Å²) in [6, 6.07) is 64.5. The van der Waals surface area contributed by atoms with Crippen LogP contribution >= 0.6 is 0 Å². The molecule has 0 radical (unpaired) electrons. The van der Waals surface area contributed by atoms with Crippen LogP contribution in [0.1, 0.15) is 18.4 Å². The van der Waals surface area contributed by atoms with E-state index in [1.807, 2.05) is 0 Å². The van der Waals surface area contributed by atoms with Gasteiger partial charge in [0.1, 0.15) is 0 Å². The Bertz CT molecular complexity index is 2870. The molecule has 0 bridgehead atoms. The standard InChI is InChI=1S/C51H37N/c1-34-31-40(29-30-41(34)45-24-12-16-35-13-2-5-17-42(35)45)52(51-33-38-15-4-7-19-44(38)47-21-10-11-23-49(47)51)39-27-25-36(26-28-39)50-32-37-14-3-6-18-43(37)46-20-8-9-22-48(46)50/h2-34,41H,1H3. The Morgan fingerprint density at radius 3 is 1.67 bits per heavy atom. The number of benzene rings is 9. The number of nitrogens with zero attached hydrogens (tertiary/aromatic N) is 1. The molecule has 1 aliphatic rings. The lowest BCUT2D eigenvalue weighted by Gasteiger charge is -2.33. The molecule has 0 aliphatic heterocycles. The lowest BCUT2D eigenvalue weighted by atomic mass is 9.81. The van der Waals surface area contributed by atoms with E-state index in [1.54, 1.807) is 0 Å². The minimum Gasteiger partial charge on any atom is -0.310 e. The maximum absolute atomic E-state index is 2.48. The van der Waals surface area contributed by atoms with Gasteiger partial charge in [0, 0.05) is 22.7 Å². The summed E-state index contributed by atoms with van der Waals surface area (Å²) in [4.78, 5) is 2.48. The van der Waals surface area contributed by atoms with Crippen LogP contribution in [0.25, 0.3) is 65.0 Å². The summed E-state index contributed by atoms with van der Waals surface area (Å²) in [5.74, 6) is 0.580. The van der Waals surface area contributed by atoms with E-state index in [1.165, 1.54) is 81.9 Å². The van der Waals surface area contributed by atoms with Crippen molar-refractivity contribution in [1.29, 1.82) is 0 Å². The van der Waals surface area contributed by atoms with Crippen LogP contribution in [0.4, 0.5) is 11.4 Å². The second-order valence-electron chi connectivity index (χ2n) is 14.1. The van der Waals surface area contributed by atoms with Crippen LogP contribution in [0, 0.1) is 5.92 Å². The second-order valence-corrected chi connectivity index (χ2v) is 14.1. The van der Waals surface area contributed by atoms with E-state index < -0.39 is 0 Å². The summed E-state index contributed by atoms with van der Waals surface area (Å²) in [7, 11) is 0. The third-order valence-electron chi connectivity index (χ3n) is 11.1. The fourth-order valence-electron chi connectivity index (χ4n) is 8.61. The molecule has 0 aromatic heterocycles. The van der Waals surface area contributed by atoms with Crippen LogP contribution < -0.4 is 4.90 Å². The van der Waals surface area contributed by atoms with Crippen molar-refractivity contribution in [3.63, 3.8) is 0 Å². The zero-order valence-corrected chi connectivity index (χ0v) is 29.1. The van der Waals surface area contributed by atoms with Crippen LogP contribution in [0.5, 0.6) is 0 Å². The van der Waals surface area contributed by atoms with Crippen molar-refractivity contribution in [3.05, 3.63) is 205 Å². The van der Waals surface area contributed by atoms with E-state index in [4.69, 9.17) is 0 Å². The molecule has 0 fully saturated rings. The molecule has 0 amide bonds. The van der Waals surface area contributed by atoms with E-state index in [0.717, 1.165) is 5.69 Å². The van der Waals surface area contributed by atoms with Crippen molar-refractivity contribution in [2.75, 3.05) is 4.90 Å². The van der Waals surface area contributed by atoms with E-state index in [-0.39, 0.29) is 5.92 Å². The smallest absolute Gasteiger partial charge is 0.0546 e. The van der Waals surface area contributed by atoms with Gasteiger partial charge in [-0.3, -0.25) is 0 Å². The van der Waals surface area contributed by atoms with Crippen molar-refractivity contribution in [3.8, 4) is 11.1 Å². The Balaban J connectivity index is 1.13. The molecule has 52 heavy (non-hydrogen) atoms. The highest BCUT2D eigenvalue weighted by Crippen LogP contribution is 2.44. The zero-order valence-electron chi connectivity index (χ0n) is 29.1. The van der Waals surface area contributed by atoms with Crippen LogP contribution in [0.3, 0.4) is 0 Å². The van der Waals surface area contributed by atoms with Gasteiger partial charge < -0.3 is 4.90 Å². The van der Waals surface area contributed by atoms with Crippen molar-refractivity contribution >= 4 is 65.2 Å². The van der Waals surface area contributed by atoms with Crippen molar-refractivity contribution in [2.45, 2.75) is 12.8 Å². The first kappa shape index (κ1) is 30.4. The molecule has 2 atom stereocenters. The predicted octanol–water partition coefficient (Wildman–Crippen LogP) is 14.1. The highest BCUT2D eigenvalue weighted by atomic mass is 15.1. The summed E-state index contributed by atoms with van der Waals surface area (Å²) < 4.78 is 0. The Labute approximate surface area is 304 Å². The van der Waals surface area contributed by atoms with Gasteiger partial charge in [0.15, 0.2) is 0 Å². The molecule has 0 N–H and O–H groups in total. The molecule has 0 saturated carbocycles. The Morgan fingerprint density at radius 2 is 0.981 bits per heavy atom. The first-order valence-electron chi connectivity index (χ1n) is 18.3. The van der Waals surface area contributed by atoms with Crippen LogP contribution in [0.15, 0.2) is 200 Å². The van der Waals surface area contributed by atoms with Gasteiger partial charge in [0.05, 0.1) is 5.69 Å². The van der Waals surface area contributed by atoms with E-state index in [0.29, 0.717) is 5.92 Å². The Morgan fingerprint density at radius 1 is 0.442 bits per heavy atom. The number of hydrogen-bond acceptors (Lipinski definition) is 1. The predicted molar refractivity (Wildman–Crippen MR) is 224 cm³/mol. The Hall–Kier alpha value is -6.44. The maximum Gasteiger partial charge on any atom is 0.0546 e. The van der Waals surface area contributed by atoms with Crippen molar-refractivity contribution in [2.24, 2.45) is 5.92 Å². The van der Waals surface area contributed by atoms with E-state index in [2.05, 4.69) is 206 Å². The van der Waals surface area contributed by atoms with Gasteiger partial charge in [0.2, 0.25) is 0 Å². The highest BCUT2D eigenvalue weighted by molar-refractivity contribution is 6.15. The third-order valence-corrected chi connectivity index (χ3v) is 11.1. The monoisotopic (exact) mass is 663 g/mol. The lowest BCUT2D eigenvalue weighted by Crippen LogP contribution is -2.20. The van der Waals surface area contributed by atoms with Gasteiger partial charge in [-0.05, 0) is 101 Å². The van der Waals surface area contributed by atoms with Crippen molar-refractivity contribution < 1.29 is 0 Å². The van der Waals surface area contributed by atoms with E-state index >= 15 is 0 Å². The summed E-state index contributed by atoms with van der Waals surface area (Å²) >= 11 is 0. The molecule has 0 heterocycles. The number of hydrogen-bond donors (Lipinski definition) is 0. The average molecular weight is 664 g/mol. The summed E-state index contributed by atoms with van der Waals surface area (Å²) in [6.07, 6.45) is 7.25. The van der Waals surface area contributed by atoms with Gasteiger partial charge in [-0.2, -0.15) is 0 Å². The molecule has 246 valence electrons. The quantitative estimate of drug-likeness (QED) is 0.166. The second kappa shape index (κ2) is 12.4. The third kappa shape index (κ3) is 5.00. The molecule has 10 rings (SSSR count). The first-order valence-corrected chi connectivity index (χ1v) is 18.3. The lowest BCUT2D eigenvalue weighted by molar-refractivity contribution is 0.632. The summed E-state index contributed by atoms with van der Waals surface area (Å²) in [6.45, 7) is 2.36. The molecular formula is C51H37N. The number of allylic oxidation sites excluding steroid dienone is 3. The molecule has 1 nitrogen and oxygen atoms in total. The highest BCUT2D eigenvalue weighted by Gasteiger charge is 2.25. The molecule has 1 heteroatoms. The molecule has 0 saturated heterocycles. The largest absolute Gasteiger partial charge is 0.310 e. The Kier molecular flexibility index (Phi) is 7.25. The van der Waals surface area contributed by atoms with Crippen LogP contribution in [-0.2, 0) is 0 Å². The number of rotatable bonds is 5. The van der Waals surface area contributed by atoms with Gasteiger partial charge in [0.25, 0.3) is 0 Å². The first-order chi connectivity index (χ1) is 25.7. The average Bonchev–Trinajstić information content (AvgIpc) is 3.21. The minimum absolute atomic E-state index is 0.286. The topological polar surface area (TPSA) is 3.24 Å². The summed E-state index contributed by atoms with van der Waals surface area (Å²) in [5.41, 5.74) is 7.37. The maximum atomic E-state index is 2.48. The SMILES string of the molecule is CC1C=C(N(c2ccc(-c3cc4ccccc4c4ccccc34)cc2)c2cc3ccccc3c3ccccc23)C=CC1c1cccc2ccccc12. The van der Waals surface area contributed by atoms with Crippen molar-refractivity contribution in [1.82, 2.24) is 0 Å². The zero-order chi connectivity index (χ0) is 34.6. The molecule has 0 spiro atoms. The van der Waals surface area contributed by atoms with Gasteiger partial charge in [-0.1, -0.05) is 171 Å². The molecular weight excluding hydrogens is 627 g/mol. The fourth-order valence-corrected chi connectivity index (χ4v) is 8.61. The molecule has 2 unspecified atom stereocenters. The van der Waals surface area contributed by atoms with Gasteiger partial charge in [-0.25, -0.2) is 0 Å². The molecule has 9 aromatic rings. The minimum atomic E-state index is 0.286. The van der Waals surface area contributed by atoms with Gasteiger partial charge >= 0.3 is 0 Å². The fraction of sp³-hybridized carbons (Fsp3) is 0.0588. The van der Waals surface area contributed by atoms with Crippen LogP contribution in [-0.4, -0.2) is 0 Å². The number of fused-ring (bicyclic) bond motifs is 7. The normalized spacial score (nSPS) is 15.8. The summed E-state index contributed by atoms with van der Waals surface area (Å²) in [5, 5.41) is 12.8. The molecule has 1 aliphatic carbocycles. The van der Waals surface area contributed by atoms with Gasteiger partial charge in [-0.15, -0.1) is 0 Å². The van der Waals surface area contributed by atoms with E-state index in [9.17, 15) is 0 Å². The number of anilines is 2. The van der Waals surface area contributed by atoms with Crippen LogP contribution in [0.2, 0.25) is 0 Å².